The van der Waals surface area contributed by atoms with Gasteiger partial charge in [-0.15, -0.1) is 5.10 Å². The van der Waals surface area contributed by atoms with Gasteiger partial charge in [-0.2, -0.15) is 0 Å². The molecule has 0 aliphatic rings. The quantitative estimate of drug-likeness (QED) is 0.406. The summed E-state index contributed by atoms with van der Waals surface area (Å²) in [6.45, 7) is 0.293. The molecule has 2 aromatic rings. The number of hydrogen-bond donors (Lipinski definition) is 3. The summed E-state index contributed by atoms with van der Waals surface area (Å²) in [7, 11) is 1.56. The van der Waals surface area contributed by atoms with Gasteiger partial charge in [-0.25, -0.2) is 0 Å². The molecule has 0 aromatic heterocycles. The van der Waals surface area contributed by atoms with Gasteiger partial charge in [-0.05, 0) is 30.3 Å². The summed E-state index contributed by atoms with van der Waals surface area (Å²) < 4.78 is 11.1. The molecule has 126 valence electrons. The van der Waals surface area contributed by atoms with Crippen molar-refractivity contribution in [3.63, 3.8) is 0 Å². The number of hydrogen-bond acceptors (Lipinski definition) is 3. The lowest BCUT2D eigenvalue weighted by Crippen LogP contribution is -2.63. The highest BCUT2D eigenvalue weighted by molar-refractivity contribution is 6.35. The SMILES string of the molecule is COc1cc(/C=[NH+]\N=C(N)N)ccc1OCc1ccc(Cl)cc1Cl. The van der Waals surface area contributed by atoms with Gasteiger partial charge < -0.3 is 20.9 Å². The lowest BCUT2D eigenvalue weighted by Gasteiger charge is -2.11. The van der Waals surface area contributed by atoms with Gasteiger partial charge in [0.1, 0.15) is 6.61 Å². The third kappa shape index (κ3) is 5.04. The number of hydrazone groups is 1. The van der Waals surface area contributed by atoms with Crippen LogP contribution in [-0.2, 0) is 6.61 Å². The average Bonchev–Trinajstić information content (AvgIpc) is 2.54. The van der Waals surface area contributed by atoms with Crippen LogP contribution in [0.5, 0.6) is 11.5 Å². The van der Waals surface area contributed by atoms with Crippen molar-refractivity contribution in [1.82, 2.24) is 0 Å². The van der Waals surface area contributed by atoms with Crippen LogP contribution in [0.3, 0.4) is 0 Å². The Morgan fingerprint density at radius 2 is 1.96 bits per heavy atom. The van der Waals surface area contributed by atoms with Crippen molar-refractivity contribution in [2.24, 2.45) is 16.6 Å². The highest BCUT2D eigenvalue weighted by atomic mass is 35.5. The smallest absolute Gasteiger partial charge is 0.256 e. The van der Waals surface area contributed by atoms with Gasteiger partial charge in [-0.3, -0.25) is 0 Å². The predicted molar refractivity (Wildman–Crippen MR) is 95.7 cm³/mol. The van der Waals surface area contributed by atoms with Gasteiger partial charge in [0.2, 0.25) is 6.21 Å². The normalized spacial score (nSPS) is 10.6. The van der Waals surface area contributed by atoms with E-state index in [1.54, 1.807) is 37.6 Å². The zero-order valence-electron chi connectivity index (χ0n) is 12.9. The first-order valence-corrected chi connectivity index (χ1v) is 7.67. The Balaban J connectivity index is 2.12. The average molecular weight is 368 g/mol. The number of benzene rings is 2. The molecule has 24 heavy (non-hydrogen) atoms. The number of nitrogens with one attached hydrogen (secondary N) is 1. The number of nitrogens with zero attached hydrogens (tertiary/aromatic N) is 1. The molecule has 0 spiro atoms. The molecule has 2 rings (SSSR count). The van der Waals surface area contributed by atoms with E-state index in [0.29, 0.717) is 28.2 Å². The molecular weight excluding hydrogens is 351 g/mol. The van der Waals surface area contributed by atoms with E-state index in [4.69, 9.17) is 44.1 Å². The van der Waals surface area contributed by atoms with E-state index in [1.165, 1.54) is 0 Å². The molecule has 6 nitrogen and oxygen atoms in total. The maximum absolute atomic E-state index is 6.14. The predicted octanol–water partition coefficient (Wildman–Crippen LogP) is 1.27. The fraction of sp³-hybridized carbons (Fsp3) is 0.125. The molecule has 0 fully saturated rings. The van der Waals surface area contributed by atoms with Crippen LogP contribution in [-0.4, -0.2) is 19.3 Å². The lowest BCUT2D eigenvalue weighted by molar-refractivity contribution is -0.456. The first kappa shape index (κ1) is 17.9. The summed E-state index contributed by atoms with van der Waals surface area (Å²) in [6.07, 6.45) is 1.63. The molecule has 0 saturated heterocycles. The van der Waals surface area contributed by atoms with Gasteiger partial charge in [0.15, 0.2) is 11.5 Å². The Hall–Kier alpha value is -2.44. The Morgan fingerprint density at radius 3 is 2.62 bits per heavy atom. The molecule has 0 bridgehead atoms. The first-order chi connectivity index (χ1) is 11.5. The Bertz CT molecular complexity index is 775. The Labute approximate surface area is 149 Å². The van der Waals surface area contributed by atoms with Crippen LogP contribution in [0.1, 0.15) is 11.1 Å². The third-order valence-corrected chi connectivity index (χ3v) is 3.60. The summed E-state index contributed by atoms with van der Waals surface area (Å²) in [5.74, 6) is 1.10. The fourth-order valence-corrected chi connectivity index (χ4v) is 2.33. The van der Waals surface area contributed by atoms with Gasteiger partial charge in [0.05, 0.1) is 7.11 Å². The second-order valence-corrected chi connectivity index (χ2v) is 5.59. The van der Waals surface area contributed by atoms with E-state index in [2.05, 4.69) is 10.2 Å². The van der Waals surface area contributed by atoms with E-state index in [1.807, 2.05) is 12.1 Å². The fourth-order valence-electron chi connectivity index (χ4n) is 1.87. The van der Waals surface area contributed by atoms with Crippen molar-refractivity contribution in [3.05, 3.63) is 57.6 Å². The maximum Gasteiger partial charge on any atom is 0.256 e. The minimum absolute atomic E-state index is 0.0574. The molecule has 0 saturated carbocycles. The molecular formula is C16H17Cl2N4O2+. The molecule has 0 aliphatic carbocycles. The van der Waals surface area contributed by atoms with Crippen LogP contribution < -0.4 is 26.0 Å². The standard InChI is InChI=1S/C16H16Cl2N4O2/c1-23-15-6-10(8-21-22-16(19)20)2-5-14(15)24-9-11-3-4-12(17)7-13(11)18/h2-8H,9H2,1H3,(H4,19,20,22)/p+1/b21-8-. The highest BCUT2D eigenvalue weighted by Gasteiger charge is 2.08. The summed E-state index contributed by atoms with van der Waals surface area (Å²) in [5, 5.41) is 7.42. The van der Waals surface area contributed by atoms with Crippen LogP contribution in [0, 0.1) is 0 Å². The summed E-state index contributed by atoms with van der Waals surface area (Å²) >= 11 is 12.0. The van der Waals surface area contributed by atoms with Gasteiger partial charge in [0, 0.05) is 26.3 Å². The van der Waals surface area contributed by atoms with Gasteiger partial charge >= 0.3 is 0 Å². The molecule has 0 amide bonds. The number of methoxy groups -OCH3 is 1. The van der Waals surface area contributed by atoms with Crippen molar-refractivity contribution in [1.29, 1.82) is 0 Å². The molecule has 0 unspecified atom stereocenters. The van der Waals surface area contributed by atoms with Crippen molar-refractivity contribution < 1.29 is 14.6 Å². The topological polar surface area (TPSA) is 96.8 Å². The largest absolute Gasteiger partial charge is 0.493 e. The minimum atomic E-state index is -0.0574. The number of halogens is 2. The van der Waals surface area contributed by atoms with Crippen molar-refractivity contribution in [3.8, 4) is 11.5 Å². The number of nitrogens with two attached hydrogens (primary N) is 2. The zero-order valence-corrected chi connectivity index (χ0v) is 14.4. The number of guanidine groups is 1. The van der Waals surface area contributed by atoms with Crippen LogP contribution >= 0.6 is 23.2 Å². The highest BCUT2D eigenvalue weighted by Crippen LogP contribution is 2.29. The van der Waals surface area contributed by atoms with E-state index < -0.39 is 0 Å². The van der Waals surface area contributed by atoms with Crippen molar-refractivity contribution in [2.45, 2.75) is 6.61 Å². The summed E-state index contributed by atoms with van der Waals surface area (Å²) in [4.78, 5) is 0. The van der Waals surface area contributed by atoms with Gasteiger partial charge in [0.25, 0.3) is 5.96 Å². The van der Waals surface area contributed by atoms with E-state index in [0.717, 1.165) is 11.1 Å². The van der Waals surface area contributed by atoms with E-state index >= 15 is 0 Å². The number of rotatable bonds is 6. The van der Waals surface area contributed by atoms with Crippen LogP contribution in [0.15, 0.2) is 41.5 Å². The van der Waals surface area contributed by atoms with Crippen LogP contribution in [0.4, 0.5) is 0 Å². The van der Waals surface area contributed by atoms with Crippen LogP contribution in [0.2, 0.25) is 10.0 Å². The lowest BCUT2D eigenvalue weighted by atomic mass is 10.2. The van der Waals surface area contributed by atoms with Crippen LogP contribution in [0.25, 0.3) is 0 Å². The maximum atomic E-state index is 6.14. The van der Waals surface area contributed by atoms with E-state index in [-0.39, 0.29) is 5.96 Å². The zero-order chi connectivity index (χ0) is 17.5. The molecule has 5 N–H and O–H groups in total. The number of ether oxygens (including phenoxy) is 2. The second kappa shape index (κ2) is 8.42. The minimum Gasteiger partial charge on any atom is -0.493 e. The molecule has 2 aromatic carbocycles. The Morgan fingerprint density at radius 1 is 1.17 bits per heavy atom. The van der Waals surface area contributed by atoms with Crippen molar-refractivity contribution in [2.75, 3.05) is 7.11 Å². The summed E-state index contributed by atoms with van der Waals surface area (Å²) in [5.41, 5.74) is 12.1. The Kier molecular flexibility index (Phi) is 6.28. The molecule has 0 aliphatic heterocycles. The molecule has 0 atom stereocenters. The monoisotopic (exact) mass is 367 g/mol. The second-order valence-electron chi connectivity index (χ2n) is 4.74. The first-order valence-electron chi connectivity index (χ1n) is 6.91. The van der Waals surface area contributed by atoms with Crippen molar-refractivity contribution >= 4 is 35.4 Å². The molecule has 0 radical (unpaired) electrons. The summed E-state index contributed by atoms with van der Waals surface area (Å²) in [6, 6.07) is 10.7. The molecule has 8 heteroatoms. The van der Waals surface area contributed by atoms with E-state index in [9.17, 15) is 0 Å². The molecule has 0 heterocycles. The van der Waals surface area contributed by atoms with Gasteiger partial charge in [-0.1, -0.05) is 29.3 Å². The third-order valence-electron chi connectivity index (χ3n) is 3.01.